The number of hydrogen-bond donors (Lipinski definition) is 6. The summed E-state index contributed by atoms with van der Waals surface area (Å²) < 4.78 is 0. The number of aliphatic hydroxyl groups is 4. The van der Waals surface area contributed by atoms with Gasteiger partial charge in [-0.25, -0.2) is 0 Å². The normalized spacial score (nSPS) is 10.6. The molecule has 94 valence electrons. The van der Waals surface area contributed by atoms with Gasteiger partial charge in [0.2, 0.25) is 0 Å². The Kier molecular flexibility index (Phi) is 7.38. The SMILES string of the molecule is O=C(NC(CO)CO)C(=O)NC(CO)CO. The van der Waals surface area contributed by atoms with Crippen LogP contribution in [0.3, 0.4) is 0 Å². The minimum atomic E-state index is -1.06. The van der Waals surface area contributed by atoms with Gasteiger partial charge in [0.25, 0.3) is 0 Å². The van der Waals surface area contributed by atoms with Crippen molar-refractivity contribution in [2.24, 2.45) is 0 Å². The predicted molar refractivity (Wildman–Crippen MR) is 52.2 cm³/mol. The summed E-state index contributed by atoms with van der Waals surface area (Å²) in [7, 11) is 0. The Morgan fingerprint density at radius 1 is 0.750 bits per heavy atom. The second kappa shape index (κ2) is 7.99. The molecule has 0 aliphatic rings. The van der Waals surface area contributed by atoms with Gasteiger partial charge in [-0.1, -0.05) is 0 Å². The molecule has 0 unspecified atom stereocenters. The van der Waals surface area contributed by atoms with Crippen molar-refractivity contribution in [2.45, 2.75) is 12.1 Å². The number of carbonyl (C=O) groups is 2. The molecule has 0 saturated heterocycles. The molecule has 0 bridgehead atoms. The van der Waals surface area contributed by atoms with E-state index in [-0.39, 0.29) is 0 Å². The third-order valence-corrected chi connectivity index (χ3v) is 1.76. The van der Waals surface area contributed by atoms with E-state index in [0.29, 0.717) is 0 Å². The topological polar surface area (TPSA) is 139 Å². The summed E-state index contributed by atoms with van der Waals surface area (Å²) in [4.78, 5) is 22.3. The Hall–Kier alpha value is -1.22. The number of amides is 2. The Balaban J connectivity index is 4.12. The lowest BCUT2D eigenvalue weighted by molar-refractivity contribution is -0.140. The average Bonchev–Trinajstić information content (AvgIpc) is 2.32. The molecule has 8 nitrogen and oxygen atoms in total. The summed E-state index contributed by atoms with van der Waals surface area (Å²) in [5.41, 5.74) is 0. The van der Waals surface area contributed by atoms with Crippen LogP contribution in [0.25, 0.3) is 0 Å². The van der Waals surface area contributed by atoms with Gasteiger partial charge in [-0.3, -0.25) is 9.59 Å². The Morgan fingerprint density at radius 3 is 1.19 bits per heavy atom. The molecular formula is C8H16N2O6. The molecule has 0 radical (unpaired) electrons. The van der Waals surface area contributed by atoms with E-state index >= 15 is 0 Å². The van der Waals surface area contributed by atoms with E-state index in [1.165, 1.54) is 0 Å². The van der Waals surface area contributed by atoms with Crippen LogP contribution >= 0.6 is 0 Å². The molecule has 0 spiro atoms. The lowest BCUT2D eigenvalue weighted by Gasteiger charge is -2.15. The summed E-state index contributed by atoms with van der Waals surface area (Å²) in [6, 6.07) is -1.83. The molecule has 0 atom stereocenters. The molecule has 0 aliphatic carbocycles. The van der Waals surface area contributed by atoms with Gasteiger partial charge in [0.1, 0.15) is 0 Å². The maximum atomic E-state index is 11.1. The van der Waals surface area contributed by atoms with Gasteiger partial charge < -0.3 is 31.1 Å². The Labute approximate surface area is 91.9 Å². The maximum Gasteiger partial charge on any atom is 0.309 e. The highest BCUT2D eigenvalue weighted by Crippen LogP contribution is 1.83. The standard InChI is InChI=1S/C8H16N2O6/c11-1-5(2-12)9-7(15)8(16)10-6(3-13)4-14/h5-6,11-14H,1-4H2,(H,9,15)(H,10,16). The number of aliphatic hydroxyl groups excluding tert-OH is 4. The molecular weight excluding hydrogens is 220 g/mol. The van der Waals surface area contributed by atoms with Crippen molar-refractivity contribution in [1.29, 1.82) is 0 Å². The Bertz CT molecular complexity index is 203. The fraction of sp³-hybridized carbons (Fsp3) is 0.750. The number of nitrogens with one attached hydrogen (secondary N) is 2. The van der Waals surface area contributed by atoms with E-state index in [9.17, 15) is 9.59 Å². The summed E-state index contributed by atoms with van der Waals surface area (Å²) in [6.45, 7) is -2.00. The molecule has 0 rings (SSSR count). The summed E-state index contributed by atoms with van der Waals surface area (Å²) in [5.74, 6) is -2.11. The van der Waals surface area contributed by atoms with E-state index in [2.05, 4.69) is 10.6 Å². The fourth-order valence-electron chi connectivity index (χ4n) is 0.800. The van der Waals surface area contributed by atoms with Crippen LogP contribution in [0.5, 0.6) is 0 Å². The van der Waals surface area contributed by atoms with Gasteiger partial charge in [0, 0.05) is 0 Å². The minimum Gasteiger partial charge on any atom is -0.394 e. The molecule has 0 aliphatic heterocycles. The molecule has 0 aromatic rings. The van der Waals surface area contributed by atoms with Gasteiger partial charge in [0.05, 0.1) is 38.5 Å². The maximum absolute atomic E-state index is 11.1. The molecule has 8 heteroatoms. The third kappa shape index (κ3) is 5.03. The zero-order valence-electron chi connectivity index (χ0n) is 8.59. The van der Waals surface area contributed by atoms with Crippen molar-refractivity contribution < 1.29 is 30.0 Å². The average molecular weight is 236 g/mol. The van der Waals surface area contributed by atoms with Crippen LogP contribution in [0.1, 0.15) is 0 Å². The summed E-state index contributed by atoms with van der Waals surface area (Å²) in [5, 5.41) is 38.7. The van der Waals surface area contributed by atoms with Crippen molar-refractivity contribution in [3.8, 4) is 0 Å². The first-order valence-electron chi connectivity index (χ1n) is 4.63. The smallest absolute Gasteiger partial charge is 0.309 e. The molecule has 0 aromatic carbocycles. The van der Waals surface area contributed by atoms with Crippen LogP contribution < -0.4 is 10.6 Å². The van der Waals surface area contributed by atoms with Gasteiger partial charge >= 0.3 is 11.8 Å². The summed E-state index contributed by atoms with van der Waals surface area (Å²) >= 11 is 0. The van der Waals surface area contributed by atoms with Crippen molar-refractivity contribution in [3.63, 3.8) is 0 Å². The lowest BCUT2D eigenvalue weighted by Crippen LogP contribution is -2.51. The van der Waals surface area contributed by atoms with Crippen LogP contribution in [-0.2, 0) is 9.59 Å². The van der Waals surface area contributed by atoms with Crippen LogP contribution in [-0.4, -0.2) is 70.8 Å². The first kappa shape index (κ1) is 14.8. The predicted octanol–water partition coefficient (Wildman–Crippen LogP) is -4.07. The van der Waals surface area contributed by atoms with Crippen LogP contribution in [0.2, 0.25) is 0 Å². The molecule has 0 fully saturated rings. The molecule has 0 heterocycles. The van der Waals surface area contributed by atoms with Gasteiger partial charge in [-0.05, 0) is 0 Å². The second-order valence-corrected chi connectivity index (χ2v) is 3.07. The van der Waals surface area contributed by atoms with E-state index in [1.54, 1.807) is 0 Å². The van der Waals surface area contributed by atoms with E-state index in [0.717, 1.165) is 0 Å². The van der Waals surface area contributed by atoms with E-state index in [1.807, 2.05) is 0 Å². The van der Waals surface area contributed by atoms with Gasteiger partial charge in [-0.2, -0.15) is 0 Å². The molecule has 6 N–H and O–H groups in total. The monoisotopic (exact) mass is 236 g/mol. The Morgan fingerprint density at radius 2 is 1.00 bits per heavy atom. The number of hydrogen-bond acceptors (Lipinski definition) is 6. The highest BCUT2D eigenvalue weighted by Gasteiger charge is 2.20. The molecule has 2 amide bonds. The fourth-order valence-corrected chi connectivity index (χ4v) is 0.800. The zero-order valence-corrected chi connectivity index (χ0v) is 8.59. The van der Waals surface area contributed by atoms with Crippen LogP contribution in [0.4, 0.5) is 0 Å². The largest absolute Gasteiger partial charge is 0.394 e. The van der Waals surface area contributed by atoms with Crippen molar-refractivity contribution in [1.82, 2.24) is 10.6 Å². The van der Waals surface area contributed by atoms with Gasteiger partial charge in [-0.15, -0.1) is 0 Å². The third-order valence-electron chi connectivity index (χ3n) is 1.76. The lowest BCUT2D eigenvalue weighted by atomic mass is 10.3. The van der Waals surface area contributed by atoms with Crippen LogP contribution in [0.15, 0.2) is 0 Å². The van der Waals surface area contributed by atoms with Crippen molar-refractivity contribution in [2.75, 3.05) is 26.4 Å². The first-order valence-corrected chi connectivity index (χ1v) is 4.63. The molecule has 0 aromatic heterocycles. The highest BCUT2D eigenvalue weighted by molar-refractivity contribution is 6.35. The van der Waals surface area contributed by atoms with E-state index in [4.69, 9.17) is 20.4 Å². The second-order valence-electron chi connectivity index (χ2n) is 3.07. The molecule has 0 saturated carbocycles. The van der Waals surface area contributed by atoms with Crippen LogP contribution in [0, 0.1) is 0 Å². The highest BCUT2D eigenvalue weighted by atomic mass is 16.3. The minimum absolute atomic E-state index is 0.501. The quantitative estimate of drug-likeness (QED) is 0.259. The van der Waals surface area contributed by atoms with Crippen molar-refractivity contribution >= 4 is 11.8 Å². The zero-order chi connectivity index (χ0) is 12.6. The molecule has 16 heavy (non-hydrogen) atoms. The first-order chi connectivity index (χ1) is 7.58. The van der Waals surface area contributed by atoms with Crippen molar-refractivity contribution in [3.05, 3.63) is 0 Å². The number of rotatable bonds is 6. The number of carbonyl (C=O) groups excluding carboxylic acids is 2. The van der Waals surface area contributed by atoms with E-state index < -0.39 is 50.3 Å². The van der Waals surface area contributed by atoms with Gasteiger partial charge in [0.15, 0.2) is 0 Å². The summed E-state index contributed by atoms with van der Waals surface area (Å²) in [6.07, 6.45) is 0.